The van der Waals surface area contributed by atoms with Crippen LogP contribution in [-0.4, -0.2) is 12.5 Å². The summed E-state index contributed by atoms with van der Waals surface area (Å²) in [6.07, 6.45) is 0.958. The number of nitrogens with one attached hydrogen (secondary N) is 2. The van der Waals surface area contributed by atoms with Crippen molar-refractivity contribution in [1.82, 2.24) is 5.32 Å². The predicted molar refractivity (Wildman–Crippen MR) is 80.5 cm³/mol. The van der Waals surface area contributed by atoms with Crippen LogP contribution in [0.4, 0.5) is 5.69 Å². The highest BCUT2D eigenvalue weighted by atomic mass is 32.1. The fraction of sp³-hybridized carbons (Fsp3) is 0.267. The van der Waals surface area contributed by atoms with Gasteiger partial charge in [-0.15, -0.1) is 11.3 Å². The van der Waals surface area contributed by atoms with Crippen LogP contribution in [0.15, 0.2) is 41.8 Å². The number of aryl methyl sites for hydroxylation is 1. The molecule has 0 aliphatic rings. The molecule has 0 saturated carbocycles. The van der Waals surface area contributed by atoms with Crippen molar-refractivity contribution >= 4 is 22.9 Å². The van der Waals surface area contributed by atoms with Crippen molar-refractivity contribution in [2.24, 2.45) is 0 Å². The van der Waals surface area contributed by atoms with E-state index in [1.165, 1.54) is 10.4 Å². The first-order chi connectivity index (χ1) is 9.29. The van der Waals surface area contributed by atoms with Crippen LogP contribution in [0, 0.1) is 0 Å². The average molecular weight is 274 g/mol. The number of para-hydroxylation sites is 1. The largest absolute Gasteiger partial charge is 0.376 e. The van der Waals surface area contributed by atoms with Crippen molar-refractivity contribution in [2.45, 2.75) is 19.9 Å². The second-order valence-corrected chi connectivity index (χ2v) is 5.25. The molecule has 0 aliphatic carbocycles. The number of hydrogen-bond acceptors (Lipinski definition) is 3. The Morgan fingerprint density at radius 2 is 2.05 bits per heavy atom. The molecule has 1 amide bonds. The molecular weight excluding hydrogens is 256 g/mol. The van der Waals surface area contributed by atoms with E-state index in [0.29, 0.717) is 13.1 Å². The van der Waals surface area contributed by atoms with E-state index >= 15 is 0 Å². The van der Waals surface area contributed by atoms with E-state index in [0.717, 1.165) is 12.1 Å². The number of carbonyl (C=O) groups excluding carboxylic acids is 1. The summed E-state index contributed by atoms with van der Waals surface area (Å²) < 4.78 is 0. The van der Waals surface area contributed by atoms with Crippen molar-refractivity contribution < 1.29 is 4.79 Å². The molecule has 0 bridgehead atoms. The third kappa shape index (κ3) is 4.10. The summed E-state index contributed by atoms with van der Waals surface area (Å²) in [5.41, 5.74) is 2.27. The minimum absolute atomic E-state index is 0.0132. The number of thiophene rings is 1. The van der Waals surface area contributed by atoms with Crippen molar-refractivity contribution in [3.8, 4) is 0 Å². The number of rotatable bonds is 6. The van der Waals surface area contributed by atoms with Crippen LogP contribution in [0.25, 0.3) is 0 Å². The second-order valence-electron chi connectivity index (χ2n) is 4.22. The fourth-order valence-electron chi connectivity index (χ4n) is 1.84. The minimum Gasteiger partial charge on any atom is -0.376 e. The topological polar surface area (TPSA) is 41.1 Å². The molecule has 1 heterocycles. The van der Waals surface area contributed by atoms with Gasteiger partial charge in [0.25, 0.3) is 0 Å². The summed E-state index contributed by atoms with van der Waals surface area (Å²) in [4.78, 5) is 12.9. The Morgan fingerprint density at radius 1 is 1.21 bits per heavy atom. The Bertz CT molecular complexity index is 523. The molecule has 3 nitrogen and oxygen atoms in total. The molecule has 4 heteroatoms. The van der Waals surface area contributed by atoms with E-state index in [1.54, 1.807) is 11.3 Å². The van der Waals surface area contributed by atoms with Crippen LogP contribution in [0.3, 0.4) is 0 Å². The highest BCUT2D eigenvalue weighted by Crippen LogP contribution is 2.14. The zero-order chi connectivity index (χ0) is 13.5. The van der Waals surface area contributed by atoms with E-state index < -0.39 is 0 Å². The molecule has 2 aromatic rings. The van der Waals surface area contributed by atoms with E-state index in [2.05, 4.69) is 23.6 Å². The average Bonchev–Trinajstić information content (AvgIpc) is 2.96. The third-order valence-corrected chi connectivity index (χ3v) is 3.75. The summed E-state index contributed by atoms with van der Waals surface area (Å²) in [6, 6.07) is 12.1. The lowest BCUT2D eigenvalue weighted by molar-refractivity contribution is -0.119. The Balaban J connectivity index is 1.80. The van der Waals surface area contributed by atoms with Crippen molar-refractivity contribution in [3.63, 3.8) is 0 Å². The molecule has 0 unspecified atom stereocenters. The number of amides is 1. The van der Waals surface area contributed by atoms with E-state index in [4.69, 9.17) is 0 Å². The lowest BCUT2D eigenvalue weighted by Gasteiger charge is -2.10. The lowest BCUT2D eigenvalue weighted by atomic mass is 10.1. The molecule has 0 spiro atoms. The SMILES string of the molecule is CCc1ccccc1NCC(=O)NCc1cccs1. The number of carbonyl (C=O) groups is 1. The molecule has 0 fully saturated rings. The summed E-state index contributed by atoms with van der Waals surface area (Å²) in [7, 11) is 0. The molecule has 0 radical (unpaired) electrons. The molecule has 0 aliphatic heterocycles. The third-order valence-electron chi connectivity index (χ3n) is 2.88. The molecule has 100 valence electrons. The molecule has 1 aromatic heterocycles. The van der Waals surface area contributed by atoms with Gasteiger partial charge in [-0.1, -0.05) is 31.2 Å². The van der Waals surface area contributed by atoms with Crippen molar-refractivity contribution in [1.29, 1.82) is 0 Å². The van der Waals surface area contributed by atoms with Gasteiger partial charge in [0.05, 0.1) is 13.1 Å². The van der Waals surface area contributed by atoms with Crippen molar-refractivity contribution in [2.75, 3.05) is 11.9 Å². The first-order valence-corrected chi connectivity index (χ1v) is 7.28. The predicted octanol–water partition coefficient (Wildman–Crippen LogP) is 3.04. The highest BCUT2D eigenvalue weighted by molar-refractivity contribution is 7.09. The first kappa shape index (κ1) is 13.6. The van der Waals surface area contributed by atoms with Gasteiger partial charge in [-0.25, -0.2) is 0 Å². The Morgan fingerprint density at radius 3 is 2.79 bits per heavy atom. The highest BCUT2D eigenvalue weighted by Gasteiger charge is 2.03. The van der Waals surface area contributed by atoms with Crippen LogP contribution >= 0.6 is 11.3 Å². The molecule has 0 saturated heterocycles. The van der Waals surface area contributed by atoms with Crippen LogP contribution in [-0.2, 0) is 17.8 Å². The normalized spacial score (nSPS) is 10.2. The van der Waals surface area contributed by atoms with Gasteiger partial charge >= 0.3 is 0 Å². The van der Waals surface area contributed by atoms with Gasteiger partial charge < -0.3 is 10.6 Å². The molecule has 1 aromatic carbocycles. The lowest BCUT2D eigenvalue weighted by Crippen LogP contribution is -2.29. The summed E-state index contributed by atoms with van der Waals surface area (Å²) in [5, 5.41) is 8.10. The Labute approximate surface area is 117 Å². The van der Waals surface area contributed by atoms with Crippen molar-refractivity contribution in [3.05, 3.63) is 52.2 Å². The van der Waals surface area contributed by atoms with E-state index in [9.17, 15) is 4.79 Å². The monoisotopic (exact) mass is 274 g/mol. The molecule has 0 atom stereocenters. The zero-order valence-electron chi connectivity index (χ0n) is 11.0. The van der Waals surface area contributed by atoms with Gasteiger partial charge in [-0.3, -0.25) is 4.79 Å². The van der Waals surface area contributed by atoms with Crippen LogP contribution in [0.1, 0.15) is 17.4 Å². The van der Waals surface area contributed by atoms with E-state index in [-0.39, 0.29) is 5.91 Å². The van der Waals surface area contributed by atoms with Crippen LogP contribution in [0.5, 0.6) is 0 Å². The maximum absolute atomic E-state index is 11.7. The molecule has 2 rings (SSSR count). The summed E-state index contributed by atoms with van der Waals surface area (Å²) in [6.45, 7) is 3.02. The second kappa shape index (κ2) is 6.95. The Hall–Kier alpha value is -1.81. The van der Waals surface area contributed by atoms with Crippen LogP contribution in [0.2, 0.25) is 0 Å². The Kier molecular flexibility index (Phi) is 4.98. The van der Waals surface area contributed by atoms with Crippen LogP contribution < -0.4 is 10.6 Å². The molecular formula is C15H18N2OS. The fourth-order valence-corrected chi connectivity index (χ4v) is 2.48. The first-order valence-electron chi connectivity index (χ1n) is 6.40. The van der Waals surface area contributed by atoms with Gasteiger partial charge in [-0.05, 0) is 29.5 Å². The number of anilines is 1. The smallest absolute Gasteiger partial charge is 0.239 e. The van der Waals surface area contributed by atoms with Gasteiger partial charge in [0, 0.05) is 10.6 Å². The molecule has 2 N–H and O–H groups in total. The van der Waals surface area contributed by atoms with Gasteiger partial charge in [0.15, 0.2) is 0 Å². The van der Waals surface area contributed by atoms with E-state index in [1.807, 2.05) is 35.7 Å². The maximum Gasteiger partial charge on any atom is 0.239 e. The number of benzene rings is 1. The zero-order valence-corrected chi connectivity index (χ0v) is 11.8. The minimum atomic E-state index is 0.0132. The standard InChI is InChI=1S/C15H18N2OS/c1-2-12-6-3-4-8-14(12)16-11-15(18)17-10-13-7-5-9-19-13/h3-9,16H,2,10-11H2,1H3,(H,17,18). The van der Waals surface area contributed by atoms with Gasteiger partial charge in [0.1, 0.15) is 0 Å². The summed E-state index contributed by atoms with van der Waals surface area (Å²) in [5.74, 6) is 0.0132. The molecule has 19 heavy (non-hydrogen) atoms. The summed E-state index contributed by atoms with van der Waals surface area (Å²) >= 11 is 1.65. The number of hydrogen-bond donors (Lipinski definition) is 2. The van der Waals surface area contributed by atoms with Gasteiger partial charge in [-0.2, -0.15) is 0 Å². The van der Waals surface area contributed by atoms with Gasteiger partial charge in [0.2, 0.25) is 5.91 Å². The quantitative estimate of drug-likeness (QED) is 0.850. The maximum atomic E-state index is 11.7.